The van der Waals surface area contributed by atoms with Gasteiger partial charge in [-0.1, -0.05) is 31.5 Å². The Kier molecular flexibility index (Phi) is 4.56. The van der Waals surface area contributed by atoms with E-state index in [1.807, 2.05) is 32.0 Å². The zero-order chi connectivity index (χ0) is 14.5. The van der Waals surface area contributed by atoms with E-state index in [1.165, 1.54) is 0 Å². The van der Waals surface area contributed by atoms with Crippen molar-refractivity contribution in [2.45, 2.75) is 33.6 Å². The molecular formula is C16H22N4. The highest BCUT2D eigenvalue weighted by Crippen LogP contribution is 2.28. The van der Waals surface area contributed by atoms with Crippen LogP contribution in [0.25, 0.3) is 0 Å². The van der Waals surface area contributed by atoms with Crippen molar-refractivity contribution in [3.05, 3.63) is 41.7 Å². The van der Waals surface area contributed by atoms with Gasteiger partial charge in [-0.25, -0.2) is 9.97 Å². The summed E-state index contributed by atoms with van der Waals surface area (Å²) in [7, 11) is 0. The molecule has 0 spiro atoms. The largest absolute Gasteiger partial charge is 0.383 e. The van der Waals surface area contributed by atoms with Crippen LogP contribution in [0.5, 0.6) is 0 Å². The number of anilines is 3. The van der Waals surface area contributed by atoms with Gasteiger partial charge in [-0.3, -0.25) is 0 Å². The first kappa shape index (κ1) is 14.3. The minimum Gasteiger partial charge on any atom is -0.383 e. The molecule has 2 N–H and O–H groups in total. The van der Waals surface area contributed by atoms with E-state index in [-0.39, 0.29) is 0 Å². The number of rotatable bonds is 5. The monoisotopic (exact) mass is 270 g/mol. The number of nitrogens with two attached hydrogens (primary N) is 1. The molecule has 106 valence electrons. The SMILES string of the molecule is CCCCN(c1ccccc1)c1nc(C)nc(N)c1C. The van der Waals surface area contributed by atoms with Crippen LogP contribution in [0.2, 0.25) is 0 Å². The van der Waals surface area contributed by atoms with Crippen LogP contribution in [0.1, 0.15) is 31.2 Å². The highest BCUT2D eigenvalue weighted by atomic mass is 15.2. The number of nitrogen functional groups attached to an aromatic ring is 1. The van der Waals surface area contributed by atoms with Crippen molar-refractivity contribution < 1.29 is 0 Å². The van der Waals surface area contributed by atoms with Crippen LogP contribution in [0.4, 0.5) is 17.3 Å². The van der Waals surface area contributed by atoms with Crippen LogP contribution in [0.15, 0.2) is 30.3 Å². The van der Waals surface area contributed by atoms with Crippen LogP contribution in [0, 0.1) is 13.8 Å². The molecule has 0 aliphatic rings. The van der Waals surface area contributed by atoms with E-state index < -0.39 is 0 Å². The fourth-order valence-corrected chi connectivity index (χ4v) is 2.18. The molecular weight excluding hydrogens is 248 g/mol. The Bertz CT molecular complexity index is 566. The van der Waals surface area contributed by atoms with Crippen molar-refractivity contribution in [3.8, 4) is 0 Å². The molecule has 2 aromatic rings. The molecule has 0 atom stereocenters. The second-order valence-electron chi connectivity index (χ2n) is 4.95. The summed E-state index contributed by atoms with van der Waals surface area (Å²) in [6.45, 7) is 6.97. The second kappa shape index (κ2) is 6.37. The third kappa shape index (κ3) is 3.07. The third-order valence-corrected chi connectivity index (χ3v) is 3.33. The van der Waals surface area contributed by atoms with Crippen molar-refractivity contribution in [2.75, 3.05) is 17.2 Å². The Hall–Kier alpha value is -2.10. The average Bonchev–Trinajstić information content (AvgIpc) is 2.45. The quantitative estimate of drug-likeness (QED) is 0.901. The van der Waals surface area contributed by atoms with Gasteiger partial charge in [0.2, 0.25) is 0 Å². The Morgan fingerprint density at radius 3 is 2.45 bits per heavy atom. The number of benzene rings is 1. The van der Waals surface area contributed by atoms with Gasteiger partial charge in [0.1, 0.15) is 17.5 Å². The fourth-order valence-electron chi connectivity index (χ4n) is 2.18. The first-order valence-electron chi connectivity index (χ1n) is 7.06. The summed E-state index contributed by atoms with van der Waals surface area (Å²) < 4.78 is 0. The number of hydrogen-bond donors (Lipinski definition) is 1. The molecule has 0 amide bonds. The molecule has 0 saturated heterocycles. The van der Waals surface area contributed by atoms with Crippen LogP contribution in [0.3, 0.4) is 0 Å². The molecule has 1 heterocycles. The highest BCUT2D eigenvalue weighted by Gasteiger charge is 2.15. The Morgan fingerprint density at radius 1 is 1.10 bits per heavy atom. The Morgan fingerprint density at radius 2 is 1.80 bits per heavy atom. The van der Waals surface area contributed by atoms with Crippen molar-refractivity contribution in [1.82, 2.24) is 9.97 Å². The summed E-state index contributed by atoms with van der Waals surface area (Å²) in [5.74, 6) is 2.18. The lowest BCUT2D eigenvalue weighted by atomic mass is 10.2. The highest BCUT2D eigenvalue weighted by molar-refractivity contribution is 5.66. The zero-order valence-corrected chi connectivity index (χ0v) is 12.4. The van der Waals surface area contributed by atoms with Gasteiger partial charge in [0.15, 0.2) is 0 Å². The Labute approximate surface area is 120 Å². The third-order valence-electron chi connectivity index (χ3n) is 3.33. The summed E-state index contributed by atoms with van der Waals surface area (Å²) in [5.41, 5.74) is 8.07. The molecule has 0 fully saturated rings. The molecule has 0 aliphatic heterocycles. The summed E-state index contributed by atoms with van der Waals surface area (Å²) in [6, 6.07) is 10.3. The van der Waals surface area contributed by atoms with E-state index in [2.05, 4.69) is 33.9 Å². The van der Waals surface area contributed by atoms with Crippen molar-refractivity contribution in [2.24, 2.45) is 0 Å². The van der Waals surface area contributed by atoms with E-state index in [0.717, 1.165) is 36.5 Å². The molecule has 4 nitrogen and oxygen atoms in total. The summed E-state index contributed by atoms with van der Waals surface area (Å²) >= 11 is 0. The smallest absolute Gasteiger partial charge is 0.141 e. The summed E-state index contributed by atoms with van der Waals surface area (Å²) in [5, 5.41) is 0. The summed E-state index contributed by atoms with van der Waals surface area (Å²) in [4.78, 5) is 11.1. The maximum Gasteiger partial charge on any atom is 0.141 e. The van der Waals surface area contributed by atoms with E-state index in [9.17, 15) is 0 Å². The van der Waals surface area contributed by atoms with Crippen LogP contribution in [-0.4, -0.2) is 16.5 Å². The lowest BCUT2D eigenvalue weighted by molar-refractivity contribution is 0.774. The standard InChI is InChI=1S/C16H22N4/c1-4-5-11-20(14-9-7-6-8-10-14)16-12(2)15(17)18-13(3)19-16/h6-10H,4-5,11H2,1-3H3,(H2,17,18,19). The van der Waals surface area contributed by atoms with Gasteiger partial charge < -0.3 is 10.6 Å². The van der Waals surface area contributed by atoms with Crippen LogP contribution >= 0.6 is 0 Å². The minimum atomic E-state index is 0.560. The van der Waals surface area contributed by atoms with Crippen molar-refractivity contribution in [3.63, 3.8) is 0 Å². The van der Waals surface area contributed by atoms with Crippen molar-refractivity contribution in [1.29, 1.82) is 0 Å². The maximum absolute atomic E-state index is 5.99. The van der Waals surface area contributed by atoms with Gasteiger partial charge in [-0.15, -0.1) is 0 Å². The number of aromatic nitrogens is 2. The Balaban J connectivity index is 2.46. The van der Waals surface area contributed by atoms with Gasteiger partial charge in [-0.2, -0.15) is 0 Å². The molecule has 0 radical (unpaired) electrons. The number of para-hydroxylation sites is 1. The normalized spacial score (nSPS) is 10.6. The fraction of sp³-hybridized carbons (Fsp3) is 0.375. The van der Waals surface area contributed by atoms with E-state index in [0.29, 0.717) is 11.6 Å². The molecule has 4 heteroatoms. The van der Waals surface area contributed by atoms with Gasteiger partial charge in [0.25, 0.3) is 0 Å². The molecule has 0 saturated carbocycles. The molecule has 1 aromatic heterocycles. The molecule has 0 unspecified atom stereocenters. The van der Waals surface area contributed by atoms with E-state index >= 15 is 0 Å². The van der Waals surface area contributed by atoms with Gasteiger partial charge >= 0.3 is 0 Å². The predicted octanol–water partition coefficient (Wildman–Crippen LogP) is 3.61. The van der Waals surface area contributed by atoms with Crippen LogP contribution in [-0.2, 0) is 0 Å². The van der Waals surface area contributed by atoms with Crippen molar-refractivity contribution >= 4 is 17.3 Å². The van der Waals surface area contributed by atoms with E-state index in [4.69, 9.17) is 5.73 Å². The lowest BCUT2D eigenvalue weighted by Gasteiger charge is -2.26. The molecule has 1 aromatic carbocycles. The molecule has 20 heavy (non-hydrogen) atoms. The average molecular weight is 270 g/mol. The molecule has 0 bridgehead atoms. The van der Waals surface area contributed by atoms with Crippen LogP contribution < -0.4 is 10.6 Å². The van der Waals surface area contributed by atoms with E-state index in [1.54, 1.807) is 0 Å². The topological polar surface area (TPSA) is 55.0 Å². The maximum atomic E-state index is 5.99. The number of hydrogen-bond acceptors (Lipinski definition) is 4. The van der Waals surface area contributed by atoms with Gasteiger partial charge in [-0.05, 0) is 32.4 Å². The zero-order valence-electron chi connectivity index (χ0n) is 12.4. The summed E-state index contributed by atoms with van der Waals surface area (Å²) in [6.07, 6.45) is 2.25. The second-order valence-corrected chi connectivity index (χ2v) is 4.95. The van der Waals surface area contributed by atoms with Gasteiger partial charge in [0.05, 0.1) is 0 Å². The number of aryl methyl sites for hydroxylation is 1. The molecule has 2 rings (SSSR count). The first-order chi connectivity index (χ1) is 9.63. The minimum absolute atomic E-state index is 0.560. The lowest BCUT2D eigenvalue weighted by Crippen LogP contribution is -2.22. The number of nitrogens with zero attached hydrogens (tertiary/aromatic N) is 3. The first-order valence-corrected chi connectivity index (χ1v) is 7.06. The van der Waals surface area contributed by atoms with Gasteiger partial charge in [0, 0.05) is 17.8 Å². The molecule has 0 aliphatic carbocycles. The predicted molar refractivity (Wildman–Crippen MR) is 84.3 cm³/mol. The number of unbranched alkanes of at least 4 members (excludes halogenated alkanes) is 1.